The molecule has 13 heavy (non-hydrogen) atoms. The maximum absolute atomic E-state index is 10.3. The summed E-state index contributed by atoms with van der Waals surface area (Å²) in [5, 5.41) is 17.7. The van der Waals surface area contributed by atoms with E-state index in [-0.39, 0.29) is 6.42 Å². The first kappa shape index (κ1) is 9.74. The molecule has 0 saturated heterocycles. The maximum atomic E-state index is 10.3. The highest BCUT2D eigenvalue weighted by Crippen LogP contribution is 2.12. The van der Waals surface area contributed by atoms with Gasteiger partial charge in [0, 0.05) is 0 Å². The third-order valence-electron chi connectivity index (χ3n) is 1.82. The third kappa shape index (κ3) is 2.87. The SMILES string of the molecule is CC(O)c1ccc(CC(=O)O)cc1. The lowest BCUT2D eigenvalue weighted by molar-refractivity contribution is -0.136. The second-order valence-corrected chi connectivity index (χ2v) is 2.99. The van der Waals surface area contributed by atoms with Crippen LogP contribution in [-0.4, -0.2) is 16.2 Å². The van der Waals surface area contributed by atoms with Crippen molar-refractivity contribution in [3.05, 3.63) is 35.4 Å². The molecule has 2 N–H and O–H groups in total. The molecule has 1 rings (SSSR count). The second kappa shape index (κ2) is 4.05. The lowest BCUT2D eigenvalue weighted by atomic mass is 10.1. The molecule has 0 aliphatic heterocycles. The van der Waals surface area contributed by atoms with Crippen molar-refractivity contribution in [1.29, 1.82) is 0 Å². The Hall–Kier alpha value is -1.35. The molecule has 70 valence electrons. The molecule has 0 radical (unpaired) electrons. The van der Waals surface area contributed by atoms with Gasteiger partial charge in [0.05, 0.1) is 12.5 Å². The third-order valence-corrected chi connectivity index (χ3v) is 1.82. The van der Waals surface area contributed by atoms with E-state index in [1.165, 1.54) is 0 Å². The smallest absolute Gasteiger partial charge is 0.307 e. The van der Waals surface area contributed by atoms with Crippen LogP contribution in [0.25, 0.3) is 0 Å². The first-order valence-corrected chi connectivity index (χ1v) is 4.08. The minimum atomic E-state index is -0.843. The summed E-state index contributed by atoms with van der Waals surface area (Å²) in [5.74, 6) is -0.843. The van der Waals surface area contributed by atoms with E-state index >= 15 is 0 Å². The summed E-state index contributed by atoms with van der Waals surface area (Å²) < 4.78 is 0. The van der Waals surface area contributed by atoms with Crippen molar-refractivity contribution in [2.45, 2.75) is 19.4 Å². The van der Waals surface area contributed by atoms with Crippen molar-refractivity contribution in [2.75, 3.05) is 0 Å². The summed E-state index contributed by atoms with van der Waals surface area (Å²) in [4.78, 5) is 10.3. The van der Waals surface area contributed by atoms with E-state index in [2.05, 4.69) is 0 Å². The molecule has 0 aliphatic carbocycles. The summed E-state index contributed by atoms with van der Waals surface area (Å²) in [5.41, 5.74) is 1.55. The average Bonchev–Trinajstić information content (AvgIpc) is 2.04. The quantitative estimate of drug-likeness (QED) is 0.738. The van der Waals surface area contributed by atoms with E-state index in [4.69, 9.17) is 5.11 Å². The average molecular weight is 180 g/mol. The highest BCUT2D eigenvalue weighted by atomic mass is 16.4. The van der Waals surface area contributed by atoms with Gasteiger partial charge in [-0.2, -0.15) is 0 Å². The van der Waals surface area contributed by atoms with Crippen LogP contribution in [0.15, 0.2) is 24.3 Å². The van der Waals surface area contributed by atoms with Gasteiger partial charge in [-0.1, -0.05) is 24.3 Å². The highest BCUT2D eigenvalue weighted by Gasteiger charge is 2.02. The first-order chi connectivity index (χ1) is 6.09. The lowest BCUT2D eigenvalue weighted by Gasteiger charge is -2.04. The Morgan fingerprint density at radius 2 is 1.92 bits per heavy atom. The first-order valence-electron chi connectivity index (χ1n) is 4.08. The molecule has 1 aromatic carbocycles. The largest absolute Gasteiger partial charge is 0.481 e. The zero-order chi connectivity index (χ0) is 9.84. The Balaban J connectivity index is 2.75. The number of rotatable bonds is 3. The number of carboxylic acids is 1. The number of benzene rings is 1. The van der Waals surface area contributed by atoms with Crippen LogP contribution in [0.5, 0.6) is 0 Å². The molecule has 3 heteroatoms. The molecule has 0 aliphatic rings. The van der Waals surface area contributed by atoms with Gasteiger partial charge in [0.2, 0.25) is 0 Å². The summed E-state index contributed by atoms with van der Waals surface area (Å²) in [7, 11) is 0. The fourth-order valence-corrected chi connectivity index (χ4v) is 1.09. The van der Waals surface area contributed by atoms with Gasteiger partial charge in [-0.3, -0.25) is 4.79 Å². The summed E-state index contributed by atoms with van der Waals surface area (Å²) >= 11 is 0. The van der Waals surface area contributed by atoms with Crippen LogP contribution in [0.3, 0.4) is 0 Å². The number of hydrogen-bond donors (Lipinski definition) is 2. The van der Waals surface area contributed by atoms with Crippen LogP contribution in [0.1, 0.15) is 24.2 Å². The molecule has 0 bridgehead atoms. The van der Waals surface area contributed by atoms with Crippen molar-refractivity contribution in [3.8, 4) is 0 Å². The van der Waals surface area contributed by atoms with Crippen LogP contribution in [0.2, 0.25) is 0 Å². The predicted octanol–water partition coefficient (Wildman–Crippen LogP) is 1.37. The Labute approximate surface area is 76.6 Å². The molecule has 0 aromatic heterocycles. The Morgan fingerprint density at radius 1 is 1.38 bits per heavy atom. The van der Waals surface area contributed by atoms with Crippen LogP contribution in [0, 0.1) is 0 Å². The summed E-state index contributed by atoms with van der Waals surface area (Å²) in [6.45, 7) is 1.67. The van der Waals surface area contributed by atoms with E-state index in [0.29, 0.717) is 0 Å². The van der Waals surface area contributed by atoms with E-state index < -0.39 is 12.1 Å². The Morgan fingerprint density at radius 3 is 2.31 bits per heavy atom. The topological polar surface area (TPSA) is 57.5 Å². The molecule has 0 spiro atoms. The van der Waals surface area contributed by atoms with Crippen molar-refractivity contribution < 1.29 is 15.0 Å². The molecule has 3 nitrogen and oxygen atoms in total. The van der Waals surface area contributed by atoms with Crippen LogP contribution < -0.4 is 0 Å². The monoisotopic (exact) mass is 180 g/mol. The van der Waals surface area contributed by atoms with Crippen LogP contribution >= 0.6 is 0 Å². The van der Waals surface area contributed by atoms with E-state index in [1.54, 1.807) is 31.2 Å². The van der Waals surface area contributed by atoms with Gasteiger partial charge in [-0.15, -0.1) is 0 Å². The Bertz CT molecular complexity index is 288. The van der Waals surface area contributed by atoms with Gasteiger partial charge in [-0.05, 0) is 18.1 Å². The number of carboxylic acid groups (broad SMARTS) is 1. The van der Waals surface area contributed by atoms with Crippen molar-refractivity contribution >= 4 is 5.97 Å². The standard InChI is InChI=1S/C10H12O3/c1-7(11)9-4-2-8(3-5-9)6-10(12)13/h2-5,7,11H,6H2,1H3,(H,12,13). The van der Waals surface area contributed by atoms with Gasteiger partial charge in [0.1, 0.15) is 0 Å². The number of hydrogen-bond acceptors (Lipinski definition) is 2. The highest BCUT2D eigenvalue weighted by molar-refractivity contribution is 5.70. The van der Waals surface area contributed by atoms with Crippen LogP contribution in [-0.2, 0) is 11.2 Å². The molecular weight excluding hydrogens is 168 g/mol. The number of carbonyl (C=O) groups is 1. The molecule has 1 atom stereocenters. The summed E-state index contributed by atoms with van der Waals surface area (Å²) in [6.07, 6.45) is -0.473. The van der Waals surface area contributed by atoms with E-state index in [9.17, 15) is 9.90 Å². The zero-order valence-corrected chi connectivity index (χ0v) is 7.40. The Kier molecular flexibility index (Phi) is 3.03. The number of aliphatic hydroxyl groups excluding tert-OH is 1. The molecule has 1 aromatic rings. The number of aliphatic carboxylic acids is 1. The van der Waals surface area contributed by atoms with Gasteiger partial charge < -0.3 is 10.2 Å². The van der Waals surface area contributed by atoms with Gasteiger partial charge in [0.25, 0.3) is 0 Å². The van der Waals surface area contributed by atoms with Crippen molar-refractivity contribution in [1.82, 2.24) is 0 Å². The second-order valence-electron chi connectivity index (χ2n) is 2.99. The van der Waals surface area contributed by atoms with Crippen LogP contribution in [0.4, 0.5) is 0 Å². The predicted molar refractivity (Wildman–Crippen MR) is 48.4 cm³/mol. The fourth-order valence-electron chi connectivity index (χ4n) is 1.09. The molecule has 0 fully saturated rings. The van der Waals surface area contributed by atoms with Gasteiger partial charge in [-0.25, -0.2) is 0 Å². The minimum Gasteiger partial charge on any atom is -0.481 e. The number of aliphatic hydroxyl groups is 1. The zero-order valence-electron chi connectivity index (χ0n) is 7.40. The normalized spacial score (nSPS) is 12.5. The molecule has 0 amide bonds. The molecule has 0 saturated carbocycles. The fraction of sp³-hybridized carbons (Fsp3) is 0.300. The van der Waals surface area contributed by atoms with Crippen molar-refractivity contribution in [3.63, 3.8) is 0 Å². The van der Waals surface area contributed by atoms with E-state index in [0.717, 1.165) is 11.1 Å². The minimum absolute atomic E-state index is 0.0279. The molecule has 0 heterocycles. The summed E-state index contributed by atoms with van der Waals surface area (Å²) in [6, 6.07) is 6.91. The van der Waals surface area contributed by atoms with Crippen molar-refractivity contribution in [2.24, 2.45) is 0 Å². The van der Waals surface area contributed by atoms with Gasteiger partial charge in [0.15, 0.2) is 0 Å². The van der Waals surface area contributed by atoms with E-state index in [1.807, 2.05) is 0 Å². The molecular formula is C10H12O3. The maximum Gasteiger partial charge on any atom is 0.307 e. The lowest BCUT2D eigenvalue weighted by Crippen LogP contribution is -2.00. The molecule has 1 unspecified atom stereocenters. The van der Waals surface area contributed by atoms with Gasteiger partial charge >= 0.3 is 5.97 Å².